The molecule has 0 saturated carbocycles. The first-order valence-electron chi connectivity index (χ1n) is 7.93. The second kappa shape index (κ2) is 12.4. The zero-order chi connectivity index (χ0) is 16.9. The lowest BCUT2D eigenvalue weighted by Crippen LogP contribution is -2.36. The molecule has 1 aromatic rings. The molecule has 0 fully saturated rings. The number of aromatic nitrogens is 1. The van der Waals surface area contributed by atoms with Gasteiger partial charge in [0.2, 0.25) is 0 Å². The van der Waals surface area contributed by atoms with E-state index in [1.807, 2.05) is 14.0 Å². The van der Waals surface area contributed by atoms with Gasteiger partial charge in [-0.25, -0.2) is 4.98 Å². The highest BCUT2D eigenvalue weighted by Crippen LogP contribution is 2.12. The first-order valence-corrected chi connectivity index (χ1v) is 9.22. The molecule has 5 nitrogen and oxygen atoms in total. The number of hydrogen-bond acceptors (Lipinski definition) is 5. The maximum atomic E-state index is 5.65. The summed E-state index contributed by atoms with van der Waals surface area (Å²) in [6.07, 6.45) is 3.06. The normalized spacial score (nSPS) is 10.5. The fraction of sp³-hybridized carbons (Fsp3) is 0.625. The third kappa shape index (κ3) is 10.4. The Balaban J connectivity index is 2.02. The molecule has 3 N–H and O–H groups in total. The van der Waals surface area contributed by atoms with Crippen LogP contribution in [-0.4, -0.2) is 43.4 Å². The summed E-state index contributed by atoms with van der Waals surface area (Å²) in [5, 5.41) is 13.3. The summed E-state index contributed by atoms with van der Waals surface area (Å²) in [5.74, 6) is 0. The van der Waals surface area contributed by atoms with Crippen molar-refractivity contribution in [1.82, 2.24) is 20.9 Å². The fourth-order valence-electron chi connectivity index (χ4n) is 1.79. The smallest absolute Gasteiger partial charge is 0.166 e. The van der Waals surface area contributed by atoms with Crippen LogP contribution in [0, 0.1) is 0 Å². The lowest BCUT2D eigenvalue weighted by molar-refractivity contribution is 0.117. The van der Waals surface area contributed by atoms with Crippen molar-refractivity contribution < 1.29 is 4.74 Å². The fourth-order valence-corrected chi connectivity index (χ4v) is 2.79. The SMILES string of the molecule is C=C(C)CNC(=S)NCCCOCc1csc(CCCNC)n1. The third-order valence-corrected chi connectivity index (χ3v) is 4.21. The van der Waals surface area contributed by atoms with Gasteiger partial charge in [-0.1, -0.05) is 12.2 Å². The predicted molar refractivity (Wildman–Crippen MR) is 102 cm³/mol. The highest BCUT2D eigenvalue weighted by Gasteiger charge is 2.02. The van der Waals surface area contributed by atoms with E-state index in [-0.39, 0.29) is 0 Å². The van der Waals surface area contributed by atoms with Crippen LogP contribution < -0.4 is 16.0 Å². The largest absolute Gasteiger partial charge is 0.375 e. The molecule has 0 amide bonds. The van der Waals surface area contributed by atoms with E-state index in [1.54, 1.807) is 11.3 Å². The van der Waals surface area contributed by atoms with Crippen LogP contribution in [0.1, 0.15) is 30.5 Å². The molecule has 0 aliphatic carbocycles. The Morgan fingerprint density at radius 3 is 2.91 bits per heavy atom. The van der Waals surface area contributed by atoms with E-state index in [9.17, 15) is 0 Å². The minimum Gasteiger partial charge on any atom is -0.375 e. The van der Waals surface area contributed by atoms with Gasteiger partial charge in [-0.2, -0.15) is 0 Å². The Morgan fingerprint density at radius 1 is 1.35 bits per heavy atom. The Kier molecular flexibility index (Phi) is 10.8. The summed E-state index contributed by atoms with van der Waals surface area (Å²) in [4.78, 5) is 4.58. The second-order valence-electron chi connectivity index (χ2n) is 5.41. The maximum absolute atomic E-state index is 5.65. The summed E-state index contributed by atoms with van der Waals surface area (Å²) in [5.41, 5.74) is 2.09. The van der Waals surface area contributed by atoms with Gasteiger partial charge in [0.25, 0.3) is 0 Å². The molecule has 0 aliphatic heterocycles. The zero-order valence-electron chi connectivity index (χ0n) is 14.1. The molecular weight excluding hydrogens is 328 g/mol. The van der Waals surface area contributed by atoms with E-state index in [2.05, 4.69) is 32.9 Å². The highest BCUT2D eigenvalue weighted by molar-refractivity contribution is 7.80. The number of nitrogens with one attached hydrogen (secondary N) is 3. The van der Waals surface area contributed by atoms with Crippen molar-refractivity contribution in [1.29, 1.82) is 0 Å². The van der Waals surface area contributed by atoms with E-state index in [0.29, 0.717) is 24.9 Å². The summed E-state index contributed by atoms with van der Waals surface area (Å²) < 4.78 is 5.65. The van der Waals surface area contributed by atoms with Gasteiger partial charge in [-0.05, 0) is 45.6 Å². The molecule has 130 valence electrons. The zero-order valence-corrected chi connectivity index (χ0v) is 15.7. The number of hydrogen-bond donors (Lipinski definition) is 3. The van der Waals surface area contributed by atoms with Gasteiger partial charge in [0.15, 0.2) is 5.11 Å². The van der Waals surface area contributed by atoms with Gasteiger partial charge in [0.05, 0.1) is 17.3 Å². The Hall–Kier alpha value is -1.02. The first kappa shape index (κ1) is 20.0. The molecule has 0 aliphatic rings. The van der Waals surface area contributed by atoms with Crippen LogP contribution in [0.3, 0.4) is 0 Å². The predicted octanol–water partition coefficient (Wildman–Crippen LogP) is 2.24. The summed E-state index contributed by atoms with van der Waals surface area (Å²) in [6, 6.07) is 0. The van der Waals surface area contributed by atoms with Gasteiger partial charge < -0.3 is 20.7 Å². The molecule has 1 heterocycles. The van der Waals surface area contributed by atoms with Crippen LogP contribution in [-0.2, 0) is 17.8 Å². The lowest BCUT2D eigenvalue weighted by Gasteiger charge is -2.10. The van der Waals surface area contributed by atoms with E-state index in [4.69, 9.17) is 17.0 Å². The van der Waals surface area contributed by atoms with E-state index < -0.39 is 0 Å². The minimum absolute atomic E-state index is 0.584. The number of ether oxygens (including phenoxy) is 1. The molecule has 0 radical (unpaired) electrons. The molecule has 0 unspecified atom stereocenters. The number of nitrogens with zero attached hydrogens (tertiary/aromatic N) is 1. The van der Waals surface area contributed by atoms with Crippen LogP contribution in [0.25, 0.3) is 0 Å². The molecule has 0 spiro atoms. The minimum atomic E-state index is 0.584. The van der Waals surface area contributed by atoms with Crippen molar-refractivity contribution in [2.24, 2.45) is 0 Å². The van der Waals surface area contributed by atoms with Gasteiger partial charge in [0.1, 0.15) is 0 Å². The standard InChI is InChI=1S/C16H28N4OS2/c1-13(2)10-19-16(22)18-8-5-9-21-11-14-12-23-15(20-14)6-4-7-17-3/h12,17H,1,4-11H2,2-3H3,(H2,18,19,22). The van der Waals surface area contributed by atoms with Gasteiger partial charge in [0, 0.05) is 31.5 Å². The number of rotatable bonds is 12. The van der Waals surface area contributed by atoms with Crippen molar-refractivity contribution in [3.8, 4) is 0 Å². The van der Waals surface area contributed by atoms with Gasteiger partial charge in [-0.15, -0.1) is 11.3 Å². The van der Waals surface area contributed by atoms with Crippen LogP contribution in [0.15, 0.2) is 17.5 Å². The van der Waals surface area contributed by atoms with Crippen molar-refractivity contribution in [3.63, 3.8) is 0 Å². The number of aryl methyl sites for hydroxylation is 1. The Labute approximate surface area is 148 Å². The summed E-state index contributed by atoms with van der Waals surface area (Å²) in [6.45, 7) is 9.61. The quantitative estimate of drug-likeness (QED) is 0.303. The van der Waals surface area contributed by atoms with Crippen LogP contribution in [0.5, 0.6) is 0 Å². The highest BCUT2D eigenvalue weighted by atomic mass is 32.1. The van der Waals surface area contributed by atoms with Crippen molar-refractivity contribution in [2.45, 2.75) is 32.8 Å². The molecular formula is C16H28N4OS2. The van der Waals surface area contributed by atoms with E-state index in [0.717, 1.165) is 43.6 Å². The van der Waals surface area contributed by atoms with Gasteiger partial charge in [-0.3, -0.25) is 0 Å². The monoisotopic (exact) mass is 356 g/mol. The summed E-state index contributed by atoms with van der Waals surface area (Å²) in [7, 11) is 1.97. The van der Waals surface area contributed by atoms with Crippen LogP contribution in [0.4, 0.5) is 0 Å². The number of thiazole rings is 1. The topological polar surface area (TPSA) is 58.2 Å². The van der Waals surface area contributed by atoms with Crippen molar-refractivity contribution in [3.05, 3.63) is 28.2 Å². The van der Waals surface area contributed by atoms with Crippen molar-refractivity contribution >= 4 is 28.7 Å². The molecule has 0 atom stereocenters. The average Bonchev–Trinajstić information content (AvgIpc) is 2.96. The first-order chi connectivity index (χ1) is 11.1. The molecule has 0 aromatic carbocycles. The molecule has 0 saturated heterocycles. The molecule has 0 bridgehead atoms. The second-order valence-corrected chi connectivity index (χ2v) is 6.76. The van der Waals surface area contributed by atoms with Crippen LogP contribution >= 0.6 is 23.6 Å². The molecule has 23 heavy (non-hydrogen) atoms. The van der Waals surface area contributed by atoms with E-state index >= 15 is 0 Å². The Morgan fingerprint density at radius 2 is 2.17 bits per heavy atom. The van der Waals surface area contributed by atoms with Crippen molar-refractivity contribution in [2.75, 3.05) is 33.3 Å². The summed E-state index contributed by atoms with van der Waals surface area (Å²) >= 11 is 6.87. The average molecular weight is 357 g/mol. The van der Waals surface area contributed by atoms with E-state index in [1.165, 1.54) is 5.01 Å². The third-order valence-electron chi connectivity index (χ3n) is 2.97. The number of thiocarbonyl (C=S) groups is 1. The molecule has 1 aromatic heterocycles. The molecule has 7 heteroatoms. The lowest BCUT2D eigenvalue weighted by atomic mass is 10.3. The molecule has 1 rings (SSSR count). The maximum Gasteiger partial charge on any atom is 0.166 e. The van der Waals surface area contributed by atoms with Gasteiger partial charge >= 0.3 is 0 Å². The van der Waals surface area contributed by atoms with Crippen LogP contribution in [0.2, 0.25) is 0 Å². The Bertz CT molecular complexity index is 476.